The van der Waals surface area contributed by atoms with Gasteiger partial charge in [-0.05, 0) is 61.1 Å². The summed E-state index contributed by atoms with van der Waals surface area (Å²) in [6, 6.07) is 9.50. The predicted octanol–water partition coefficient (Wildman–Crippen LogP) is 10.8. The second-order valence-corrected chi connectivity index (χ2v) is 14.3. The maximum Gasteiger partial charge on any atom is 2.00 e. The monoisotopic (exact) mass is 758 g/mol. The first kappa shape index (κ1) is 48.6. The van der Waals surface area contributed by atoms with Crippen molar-refractivity contribution in [1.29, 1.82) is 0 Å². The van der Waals surface area contributed by atoms with Gasteiger partial charge in [0.1, 0.15) is 11.5 Å². The van der Waals surface area contributed by atoms with Gasteiger partial charge in [-0.3, -0.25) is 0 Å². The van der Waals surface area contributed by atoms with E-state index in [4.69, 9.17) is 0 Å². The molecule has 2 aromatic carbocycles. The first-order chi connectivity index (χ1) is 24.3. The van der Waals surface area contributed by atoms with Crippen LogP contribution >= 0.6 is 0 Å². The van der Waals surface area contributed by atoms with Crippen LogP contribution in [0.25, 0.3) is 0 Å². The number of aromatic hydroxyl groups is 2. The van der Waals surface area contributed by atoms with Gasteiger partial charge in [0.15, 0.2) is 0 Å². The largest absolute Gasteiger partial charge is 2.00 e. The number of unbranched alkanes of at least 4 members (excludes halogenated alkanes) is 24. The SMILES string of the molecule is CCCCCCCCCCCCCCCc1ccc(C(=O)[O-])c(O)c1.CCCCCCCCCCCCCCCc1ccc(C(=O)[O-])c(O)c1.[Zn+2]. The Morgan fingerprint density at radius 1 is 0.431 bits per heavy atom. The molecule has 0 heterocycles. The molecule has 0 aliphatic heterocycles. The minimum absolute atomic E-state index is 0. The molecular weight excluding hydrogens is 690 g/mol. The molecule has 0 aliphatic carbocycles. The number of aryl methyl sites for hydroxylation is 2. The Morgan fingerprint density at radius 3 is 0.882 bits per heavy atom. The topological polar surface area (TPSA) is 121 Å². The van der Waals surface area contributed by atoms with Gasteiger partial charge in [0, 0.05) is 11.1 Å². The number of carboxylic acid groups (broad SMARTS) is 2. The van der Waals surface area contributed by atoms with E-state index in [2.05, 4.69) is 13.8 Å². The van der Waals surface area contributed by atoms with Crippen molar-refractivity contribution in [3.05, 3.63) is 58.7 Å². The molecule has 284 valence electrons. The summed E-state index contributed by atoms with van der Waals surface area (Å²) in [5.41, 5.74) is 1.72. The molecule has 0 bridgehead atoms. The molecule has 0 unspecified atom stereocenters. The molecule has 0 saturated heterocycles. The maximum atomic E-state index is 10.7. The molecule has 0 amide bonds. The Morgan fingerprint density at radius 2 is 0.667 bits per heavy atom. The minimum Gasteiger partial charge on any atom is -0.545 e. The van der Waals surface area contributed by atoms with Crippen LogP contribution in [0, 0.1) is 0 Å². The van der Waals surface area contributed by atoms with Crippen LogP contribution in [0.3, 0.4) is 0 Å². The van der Waals surface area contributed by atoms with Crippen molar-refractivity contribution < 1.29 is 49.5 Å². The number of hydrogen-bond acceptors (Lipinski definition) is 6. The van der Waals surface area contributed by atoms with Crippen LogP contribution in [-0.4, -0.2) is 22.2 Å². The van der Waals surface area contributed by atoms with Crippen molar-refractivity contribution in [1.82, 2.24) is 0 Å². The van der Waals surface area contributed by atoms with E-state index in [1.165, 1.54) is 166 Å². The third-order valence-electron chi connectivity index (χ3n) is 9.70. The molecule has 0 aliphatic rings. The summed E-state index contributed by atoms with van der Waals surface area (Å²) in [5.74, 6) is -3.03. The Bertz CT molecular complexity index is 1060. The molecule has 0 fully saturated rings. The van der Waals surface area contributed by atoms with Crippen molar-refractivity contribution in [2.24, 2.45) is 0 Å². The van der Waals surface area contributed by atoms with Crippen molar-refractivity contribution >= 4 is 11.9 Å². The van der Waals surface area contributed by atoms with Gasteiger partial charge in [0.2, 0.25) is 0 Å². The van der Waals surface area contributed by atoms with Gasteiger partial charge >= 0.3 is 19.5 Å². The molecule has 51 heavy (non-hydrogen) atoms. The summed E-state index contributed by atoms with van der Waals surface area (Å²) in [6.07, 6.45) is 36.3. The van der Waals surface area contributed by atoms with Crippen molar-refractivity contribution in [3.63, 3.8) is 0 Å². The van der Waals surface area contributed by atoms with Crippen LogP contribution in [0.15, 0.2) is 36.4 Å². The predicted molar refractivity (Wildman–Crippen MR) is 204 cm³/mol. The van der Waals surface area contributed by atoms with Gasteiger partial charge in [-0.15, -0.1) is 0 Å². The molecule has 0 aromatic heterocycles. The Kier molecular flexibility index (Phi) is 31.9. The number of carbonyl (C=O) groups excluding carboxylic acids is 2. The van der Waals surface area contributed by atoms with Crippen molar-refractivity contribution in [2.45, 2.75) is 194 Å². The fourth-order valence-corrected chi connectivity index (χ4v) is 6.50. The van der Waals surface area contributed by atoms with E-state index in [-0.39, 0.29) is 42.1 Å². The summed E-state index contributed by atoms with van der Waals surface area (Å²) >= 11 is 0. The van der Waals surface area contributed by atoms with Crippen LogP contribution in [0.4, 0.5) is 0 Å². The van der Waals surface area contributed by atoms with Crippen LogP contribution < -0.4 is 10.2 Å². The van der Waals surface area contributed by atoms with Crippen LogP contribution in [-0.2, 0) is 32.3 Å². The van der Waals surface area contributed by atoms with E-state index in [9.17, 15) is 30.0 Å². The fraction of sp³-hybridized carbons (Fsp3) is 0.682. The number of phenols is 2. The van der Waals surface area contributed by atoms with E-state index < -0.39 is 11.9 Å². The standard InChI is InChI=1S/2C22H36O3.Zn/c2*1-2-3-4-5-6-7-8-9-10-11-12-13-14-15-19-16-17-20(22(24)25)21(23)18-19;/h2*16-18,23H,2-15H2,1H3,(H,24,25);/q;;+2/p-2. The number of hydrogen-bond donors (Lipinski definition) is 2. The normalized spacial score (nSPS) is 10.7. The van der Waals surface area contributed by atoms with E-state index >= 15 is 0 Å². The van der Waals surface area contributed by atoms with Crippen LogP contribution in [0.5, 0.6) is 11.5 Å². The number of carbonyl (C=O) groups is 2. The maximum absolute atomic E-state index is 10.7. The number of benzene rings is 2. The van der Waals surface area contributed by atoms with Crippen molar-refractivity contribution in [2.75, 3.05) is 0 Å². The fourth-order valence-electron chi connectivity index (χ4n) is 6.50. The Hall–Kier alpha value is -2.40. The smallest absolute Gasteiger partial charge is 0.545 e. The molecule has 0 spiro atoms. The minimum atomic E-state index is -1.33. The van der Waals surface area contributed by atoms with E-state index in [1.807, 2.05) is 0 Å². The van der Waals surface area contributed by atoms with Crippen LogP contribution in [0.2, 0.25) is 0 Å². The third kappa shape index (κ3) is 26.1. The quantitative estimate of drug-likeness (QED) is 0.0604. The first-order valence-corrected chi connectivity index (χ1v) is 20.4. The molecule has 7 heteroatoms. The second kappa shape index (κ2) is 33.4. The number of aromatic carboxylic acids is 2. The molecular formula is C44H70O6Zn. The summed E-state index contributed by atoms with van der Waals surface area (Å²) in [6.45, 7) is 4.52. The second-order valence-electron chi connectivity index (χ2n) is 14.3. The summed E-state index contributed by atoms with van der Waals surface area (Å²) in [4.78, 5) is 21.5. The average molecular weight is 760 g/mol. The van der Waals surface area contributed by atoms with Gasteiger partial charge in [0.05, 0.1) is 11.9 Å². The molecule has 2 aromatic rings. The molecule has 0 saturated carbocycles. The van der Waals surface area contributed by atoms with E-state index in [1.54, 1.807) is 24.3 Å². The molecule has 2 rings (SSSR count). The zero-order chi connectivity index (χ0) is 36.7. The van der Waals surface area contributed by atoms with E-state index in [0.717, 1.165) is 36.8 Å². The van der Waals surface area contributed by atoms with Gasteiger partial charge in [-0.25, -0.2) is 0 Å². The molecule has 6 nitrogen and oxygen atoms in total. The first-order valence-electron chi connectivity index (χ1n) is 20.4. The van der Waals surface area contributed by atoms with Gasteiger partial charge in [-0.1, -0.05) is 180 Å². The van der Waals surface area contributed by atoms with Crippen molar-refractivity contribution in [3.8, 4) is 11.5 Å². The number of rotatable bonds is 30. The van der Waals surface area contributed by atoms with Gasteiger partial charge in [-0.2, -0.15) is 0 Å². The molecule has 2 N–H and O–H groups in total. The zero-order valence-electron chi connectivity index (χ0n) is 32.5. The van der Waals surface area contributed by atoms with Gasteiger partial charge < -0.3 is 30.0 Å². The Labute approximate surface area is 324 Å². The zero-order valence-corrected chi connectivity index (χ0v) is 35.5. The summed E-state index contributed by atoms with van der Waals surface area (Å²) in [7, 11) is 0. The average Bonchev–Trinajstić information content (AvgIpc) is 3.09. The molecule has 0 atom stereocenters. The third-order valence-corrected chi connectivity index (χ3v) is 9.70. The Balaban J connectivity index is 0.000000962. The van der Waals surface area contributed by atoms with Crippen LogP contribution in [0.1, 0.15) is 213 Å². The molecule has 0 radical (unpaired) electrons. The van der Waals surface area contributed by atoms with Gasteiger partial charge in [0.25, 0.3) is 0 Å². The number of carboxylic acids is 2. The summed E-state index contributed by atoms with van der Waals surface area (Å²) in [5, 5.41) is 40.8. The summed E-state index contributed by atoms with van der Waals surface area (Å²) < 4.78 is 0. The van der Waals surface area contributed by atoms with E-state index in [0.29, 0.717) is 0 Å².